The average Bonchev–Trinajstić information content (AvgIpc) is 2.67. The van der Waals surface area contributed by atoms with Crippen LogP contribution in [-0.2, 0) is 17.7 Å². The van der Waals surface area contributed by atoms with Gasteiger partial charge in [0.25, 0.3) is 0 Å². The van der Waals surface area contributed by atoms with Crippen LogP contribution in [0.3, 0.4) is 0 Å². The first-order valence-corrected chi connectivity index (χ1v) is 11.6. The number of unbranched alkanes of at least 4 members (excludes halogenated alkanes) is 5. The number of phenolic OH excluding ortho intramolecular Hbond substituents is 1. The van der Waals surface area contributed by atoms with Gasteiger partial charge in [-0.15, -0.1) is 0 Å². The van der Waals surface area contributed by atoms with Gasteiger partial charge in [0.05, 0.1) is 13.2 Å². The summed E-state index contributed by atoms with van der Waals surface area (Å²) in [7, 11) is 0. The first-order chi connectivity index (χ1) is 12.8. The van der Waals surface area contributed by atoms with Crippen molar-refractivity contribution in [3.05, 3.63) is 29.3 Å². The largest absolute Gasteiger partial charge is 0.507 e. The molecular weight excluding hydrogens is 342 g/mol. The highest BCUT2D eigenvalue weighted by atomic mass is 32.2. The number of morpholine rings is 1. The summed E-state index contributed by atoms with van der Waals surface area (Å²) >= 11 is 2.07. The standard InChI is InChI=1S/C22H37NO2S/c1-2-3-4-5-6-7-17-26-18-9-12-20-10-8-11-21(22(20)24)19-23-13-15-25-16-14-23/h8,10-11,24H,2-7,9,12-19H2,1H3. The van der Waals surface area contributed by atoms with Crippen LogP contribution in [-0.4, -0.2) is 47.8 Å². The Hall–Kier alpha value is -0.710. The fourth-order valence-corrected chi connectivity index (χ4v) is 4.39. The Morgan fingerprint density at radius 3 is 2.46 bits per heavy atom. The van der Waals surface area contributed by atoms with Crippen LogP contribution in [0.25, 0.3) is 0 Å². The van der Waals surface area contributed by atoms with E-state index in [0.29, 0.717) is 5.75 Å². The second-order valence-corrected chi connectivity index (χ2v) is 8.52. The minimum atomic E-state index is 0.514. The van der Waals surface area contributed by atoms with Crippen LogP contribution in [0.15, 0.2) is 18.2 Å². The Morgan fingerprint density at radius 1 is 0.962 bits per heavy atom. The molecule has 26 heavy (non-hydrogen) atoms. The zero-order valence-corrected chi connectivity index (χ0v) is 17.4. The molecule has 0 aliphatic carbocycles. The molecule has 1 aliphatic heterocycles. The van der Waals surface area contributed by atoms with E-state index in [2.05, 4.69) is 41.8 Å². The predicted octanol–water partition coefficient (Wildman–Crippen LogP) is 5.25. The number of hydrogen-bond donors (Lipinski definition) is 1. The van der Waals surface area contributed by atoms with Gasteiger partial charge in [-0.05, 0) is 36.3 Å². The number of nitrogens with zero attached hydrogens (tertiary/aromatic N) is 1. The minimum absolute atomic E-state index is 0.514. The fraction of sp³-hybridized carbons (Fsp3) is 0.727. The zero-order valence-electron chi connectivity index (χ0n) is 16.5. The molecule has 0 spiro atoms. The summed E-state index contributed by atoms with van der Waals surface area (Å²) < 4.78 is 5.40. The molecule has 0 bridgehead atoms. The van der Waals surface area contributed by atoms with E-state index in [1.807, 2.05) is 0 Å². The molecule has 0 radical (unpaired) electrons. The number of aryl methyl sites for hydroxylation is 1. The predicted molar refractivity (Wildman–Crippen MR) is 113 cm³/mol. The lowest BCUT2D eigenvalue weighted by Gasteiger charge is -2.27. The highest BCUT2D eigenvalue weighted by Crippen LogP contribution is 2.26. The molecule has 1 aromatic carbocycles. The second kappa shape index (κ2) is 13.5. The van der Waals surface area contributed by atoms with Crippen LogP contribution >= 0.6 is 11.8 Å². The van der Waals surface area contributed by atoms with Crippen LogP contribution in [0.2, 0.25) is 0 Å². The van der Waals surface area contributed by atoms with Gasteiger partial charge in [0.1, 0.15) is 5.75 Å². The molecule has 1 saturated heterocycles. The summed E-state index contributed by atoms with van der Waals surface area (Å²) in [5.74, 6) is 3.00. The molecule has 1 aromatic rings. The van der Waals surface area contributed by atoms with Crippen molar-refractivity contribution in [3.63, 3.8) is 0 Å². The topological polar surface area (TPSA) is 32.7 Å². The first kappa shape index (κ1) is 21.6. The fourth-order valence-electron chi connectivity index (χ4n) is 3.43. The Morgan fingerprint density at radius 2 is 1.65 bits per heavy atom. The normalized spacial score (nSPS) is 15.4. The number of thioether (sulfide) groups is 1. The lowest BCUT2D eigenvalue weighted by atomic mass is 10.0. The molecule has 148 valence electrons. The lowest BCUT2D eigenvalue weighted by Crippen LogP contribution is -2.35. The third-order valence-corrected chi connectivity index (χ3v) is 6.23. The lowest BCUT2D eigenvalue weighted by molar-refractivity contribution is 0.0339. The van der Waals surface area contributed by atoms with E-state index < -0.39 is 0 Å². The molecule has 0 saturated carbocycles. The maximum atomic E-state index is 10.6. The van der Waals surface area contributed by atoms with E-state index in [4.69, 9.17) is 4.74 Å². The van der Waals surface area contributed by atoms with Crippen molar-refractivity contribution < 1.29 is 9.84 Å². The number of para-hydroxylation sites is 1. The maximum Gasteiger partial charge on any atom is 0.123 e. The van der Waals surface area contributed by atoms with E-state index in [1.165, 1.54) is 50.0 Å². The minimum Gasteiger partial charge on any atom is -0.507 e. The van der Waals surface area contributed by atoms with Crippen LogP contribution in [0.5, 0.6) is 5.75 Å². The molecular formula is C22H37NO2S. The van der Waals surface area contributed by atoms with Crippen molar-refractivity contribution >= 4 is 11.8 Å². The number of rotatable bonds is 13. The van der Waals surface area contributed by atoms with Gasteiger partial charge in [0.15, 0.2) is 0 Å². The zero-order chi connectivity index (χ0) is 18.5. The van der Waals surface area contributed by atoms with Gasteiger partial charge in [0.2, 0.25) is 0 Å². The van der Waals surface area contributed by atoms with Gasteiger partial charge in [-0.1, -0.05) is 57.2 Å². The van der Waals surface area contributed by atoms with Crippen molar-refractivity contribution in [2.75, 3.05) is 37.8 Å². The molecule has 0 unspecified atom stereocenters. The Labute approximate surface area is 164 Å². The molecule has 4 heteroatoms. The third-order valence-electron chi connectivity index (χ3n) is 5.08. The quantitative estimate of drug-likeness (QED) is 0.474. The van der Waals surface area contributed by atoms with E-state index in [1.54, 1.807) is 0 Å². The third kappa shape index (κ3) is 8.32. The van der Waals surface area contributed by atoms with Crippen LogP contribution in [0, 0.1) is 0 Å². The van der Waals surface area contributed by atoms with Crippen molar-refractivity contribution in [1.82, 2.24) is 4.90 Å². The highest BCUT2D eigenvalue weighted by molar-refractivity contribution is 7.99. The molecule has 0 aromatic heterocycles. The molecule has 3 nitrogen and oxygen atoms in total. The number of ether oxygens (including phenoxy) is 1. The Kier molecular flexibility index (Phi) is 11.2. The molecule has 1 N–H and O–H groups in total. The number of benzene rings is 1. The van der Waals surface area contributed by atoms with E-state index in [9.17, 15) is 5.11 Å². The molecule has 1 fully saturated rings. The summed E-state index contributed by atoms with van der Waals surface area (Å²) in [4.78, 5) is 2.36. The van der Waals surface area contributed by atoms with Gasteiger partial charge >= 0.3 is 0 Å². The smallest absolute Gasteiger partial charge is 0.123 e. The van der Waals surface area contributed by atoms with Gasteiger partial charge in [0, 0.05) is 25.2 Å². The first-order valence-electron chi connectivity index (χ1n) is 10.5. The monoisotopic (exact) mass is 379 g/mol. The molecule has 0 atom stereocenters. The van der Waals surface area contributed by atoms with E-state index >= 15 is 0 Å². The van der Waals surface area contributed by atoms with Crippen LogP contribution in [0.4, 0.5) is 0 Å². The SMILES string of the molecule is CCCCCCCCSCCCc1cccc(CN2CCOCC2)c1O. The second-order valence-electron chi connectivity index (χ2n) is 7.30. The summed E-state index contributed by atoms with van der Waals surface area (Å²) in [5, 5.41) is 10.6. The van der Waals surface area contributed by atoms with Crippen molar-refractivity contribution in [2.45, 2.75) is 64.8 Å². The highest BCUT2D eigenvalue weighted by Gasteiger charge is 2.14. The number of hydrogen-bond acceptors (Lipinski definition) is 4. The number of phenols is 1. The van der Waals surface area contributed by atoms with Crippen molar-refractivity contribution in [2.24, 2.45) is 0 Å². The van der Waals surface area contributed by atoms with Crippen molar-refractivity contribution in [1.29, 1.82) is 0 Å². The van der Waals surface area contributed by atoms with E-state index in [-0.39, 0.29) is 0 Å². The molecule has 0 amide bonds. The Bertz CT molecular complexity index is 489. The molecule has 1 heterocycles. The van der Waals surface area contributed by atoms with Crippen molar-refractivity contribution in [3.8, 4) is 5.75 Å². The van der Waals surface area contributed by atoms with Gasteiger partial charge in [-0.2, -0.15) is 11.8 Å². The summed E-state index contributed by atoms with van der Waals surface area (Å²) in [6.45, 7) is 6.62. The number of aromatic hydroxyl groups is 1. The van der Waals surface area contributed by atoms with Gasteiger partial charge < -0.3 is 9.84 Å². The maximum absolute atomic E-state index is 10.6. The van der Waals surface area contributed by atoms with Gasteiger partial charge in [-0.3, -0.25) is 4.90 Å². The van der Waals surface area contributed by atoms with E-state index in [0.717, 1.165) is 56.8 Å². The van der Waals surface area contributed by atoms with Crippen LogP contribution in [0.1, 0.15) is 63.0 Å². The molecule has 2 rings (SSSR count). The summed E-state index contributed by atoms with van der Waals surface area (Å²) in [6.07, 6.45) is 10.4. The molecule has 1 aliphatic rings. The van der Waals surface area contributed by atoms with Crippen LogP contribution < -0.4 is 0 Å². The summed E-state index contributed by atoms with van der Waals surface area (Å²) in [6, 6.07) is 6.23. The Balaban J connectivity index is 1.61. The average molecular weight is 380 g/mol. The van der Waals surface area contributed by atoms with Gasteiger partial charge in [-0.25, -0.2) is 0 Å². The summed E-state index contributed by atoms with van der Waals surface area (Å²) in [5.41, 5.74) is 2.17.